The molecule has 0 saturated carbocycles. The van der Waals surface area contributed by atoms with Crippen LogP contribution in [0.5, 0.6) is 0 Å². The van der Waals surface area contributed by atoms with E-state index in [-0.39, 0.29) is 0 Å². The van der Waals surface area contributed by atoms with Crippen LogP contribution in [0.2, 0.25) is 0 Å². The van der Waals surface area contributed by atoms with Crippen molar-refractivity contribution in [2.75, 3.05) is 0 Å². The van der Waals surface area contributed by atoms with E-state index in [4.69, 9.17) is 0 Å². The standard InChI is InChI=1S/C33H30N3P/c1-5-25-26-12-10-16-30(25)36(32-23(3)20-22(2)21-24(32)4)31-17-11-13-27-29-15-7-9-19-35(29)37(33(27)31)34-18-8-6-14-28(26)34/h6-21H,5H2,1-4H3/q+2. The maximum absolute atomic E-state index is 2.57. The average Bonchev–Trinajstić information content (AvgIpc) is 3.25. The Hall–Kier alpha value is -3.94. The predicted molar refractivity (Wildman–Crippen MR) is 155 cm³/mol. The summed E-state index contributed by atoms with van der Waals surface area (Å²) in [6, 6.07) is 31.6. The van der Waals surface area contributed by atoms with Gasteiger partial charge < -0.3 is 4.57 Å². The second kappa shape index (κ2) is 8.30. The molecule has 180 valence electrons. The van der Waals surface area contributed by atoms with Crippen molar-refractivity contribution in [1.82, 2.24) is 4.57 Å². The quantitative estimate of drug-likeness (QED) is 0.231. The van der Waals surface area contributed by atoms with Gasteiger partial charge in [-0.15, -0.1) is 8.33 Å². The lowest BCUT2D eigenvalue weighted by Crippen LogP contribution is -2.26. The zero-order chi connectivity index (χ0) is 25.3. The highest BCUT2D eigenvalue weighted by Gasteiger charge is 2.29. The topological polar surface area (TPSA) is 13.1 Å². The van der Waals surface area contributed by atoms with Crippen LogP contribution in [0, 0.1) is 20.8 Å². The molecule has 0 spiro atoms. The van der Waals surface area contributed by atoms with Gasteiger partial charge in [-0.05, 0) is 80.3 Å². The summed E-state index contributed by atoms with van der Waals surface area (Å²) in [6.45, 7) is 9.00. The zero-order valence-electron chi connectivity index (χ0n) is 21.7. The fourth-order valence-electron chi connectivity index (χ4n) is 6.37. The summed E-state index contributed by atoms with van der Waals surface area (Å²) in [5, 5.41) is 4.05. The van der Waals surface area contributed by atoms with Crippen LogP contribution in [0.25, 0.3) is 43.6 Å². The molecule has 2 bridgehead atoms. The lowest BCUT2D eigenvalue weighted by molar-refractivity contribution is -0.510. The Balaban J connectivity index is 1.95. The van der Waals surface area contributed by atoms with Crippen LogP contribution < -0.4 is 8.33 Å². The molecule has 4 heteroatoms. The minimum atomic E-state index is -0.879. The van der Waals surface area contributed by atoms with Crippen LogP contribution in [-0.2, 0) is 6.42 Å². The smallest absolute Gasteiger partial charge is 0.308 e. The number of rotatable bonds is 2. The van der Waals surface area contributed by atoms with Crippen molar-refractivity contribution in [2.45, 2.75) is 34.1 Å². The number of nitrogens with zero attached hydrogens (tertiary/aromatic N) is 3. The SMILES string of the molecule is CCc1c2cccc1n(-c1c(C)cc(C)cc1C)c1cccc3c4cccc[n+]4p(c31)[n+]1ccccc21. The molecule has 1 atom stereocenters. The fourth-order valence-corrected chi connectivity index (χ4v) is 8.95. The minimum Gasteiger partial charge on any atom is -0.308 e. The number of pyridine rings is 2. The van der Waals surface area contributed by atoms with Crippen molar-refractivity contribution in [1.29, 1.82) is 0 Å². The molecule has 0 N–H and O–H groups in total. The van der Waals surface area contributed by atoms with Gasteiger partial charge in [0.15, 0.2) is 17.5 Å². The van der Waals surface area contributed by atoms with E-state index in [1.54, 1.807) is 0 Å². The molecule has 0 saturated heterocycles. The molecular weight excluding hydrogens is 469 g/mol. The summed E-state index contributed by atoms with van der Waals surface area (Å²) < 4.78 is 7.60. The lowest BCUT2D eigenvalue weighted by atomic mass is 10.0. The number of aromatic nitrogens is 3. The first kappa shape index (κ1) is 22.3. The van der Waals surface area contributed by atoms with Crippen LogP contribution in [0.15, 0.2) is 97.3 Å². The van der Waals surface area contributed by atoms with Gasteiger partial charge in [0, 0.05) is 24.3 Å². The van der Waals surface area contributed by atoms with E-state index in [9.17, 15) is 0 Å². The highest BCUT2D eigenvalue weighted by molar-refractivity contribution is 7.38. The molecule has 0 amide bonds. The molecule has 0 aliphatic rings. The summed E-state index contributed by atoms with van der Waals surface area (Å²) in [4.78, 5) is 0. The summed E-state index contributed by atoms with van der Waals surface area (Å²) >= 11 is 0. The van der Waals surface area contributed by atoms with Gasteiger partial charge in [-0.1, -0.05) is 36.8 Å². The third kappa shape index (κ3) is 3.14. The normalized spacial score (nSPS) is 12.4. The molecule has 0 aliphatic carbocycles. The molecule has 0 fully saturated rings. The fraction of sp³-hybridized carbons (Fsp3) is 0.152. The van der Waals surface area contributed by atoms with Gasteiger partial charge in [-0.3, -0.25) is 0 Å². The van der Waals surface area contributed by atoms with Crippen LogP contribution >= 0.6 is 7.66 Å². The van der Waals surface area contributed by atoms with Crippen LogP contribution in [0.1, 0.15) is 29.2 Å². The number of aryl methyl sites for hydroxylation is 4. The van der Waals surface area contributed by atoms with Crippen molar-refractivity contribution in [3.05, 3.63) is 120 Å². The summed E-state index contributed by atoms with van der Waals surface area (Å²) in [7, 11) is -0.879. The molecule has 4 heterocycles. The minimum absolute atomic E-state index is 0.879. The second-order valence-electron chi connectivity index (χ2n) is 10.1. The Morgan fingerprint density at radius 2 is 1.27 bits per heavy atom. The maximum Gasteiger partial charge on any atom is 0.450 e. The van der Waals surface area contributed by atoms with Gasteiger partial charge in [-0.25, -0.2) is 0 Å². The number of benzene rings is 3. The average molecular weight is 500 g/mol. The molecule has 37 heavy (non-hydrogen) atoms. The van der Waals surface area contributed by atoms with Gasteiger partial charge in [0.05, 0.1) is 27.5 Å². The van der Waals surface area contributed by atoms with Gasteiger partial charge in [0.1, 0.15) is 0 Å². The van der Waals surface area contributed by atoms with Crippen molar-refractivity contribution in [2.24, 2.45) is 0 Å². The molecule has 3 nitrogen and oxygen atoms in total. The van der Waals surface area contributed by atoms with Gasteiger partial charge >= 0.3 is 7.66 Å². The summed E-state index contributed by atoms with van der Waals surface area (Å²) in [5.41, 5.74) is 11.7. The first-order chi connectivity index (χ1) is 18.1. The van der Waals surface area contributed by atoms with E-state index < -0.39 is 7.66 Å². The van der Waals surface area contributed by atoms with E-state index in [0.717, 1.165) is 6.42 Å². The van der Waals surface area contributed by atoms with Crippen molar-refractivity contribution in [3.8, 4) is 5.69 Å². The van der Waals surface area contributed by atoms with E-state index in [1.165, 1.54) is 65.9 Å². The first-order valence-corrected chi connectivity index (χ1v) is 14.3. The summed E-state index contributed by atoms with van der Waals surface area (Å²) in [5.74, 6) is 0. The highest BCUT2D eigenvalue weighted by atomic mass is 31.1. The molecule has 7 aromatic rings. The Kier molecular flexibility index (Phi) is 4.99. The van der Waals surface area contributed by atoms with Crippen LogP contribution in [0.4, 0.5) is 0 Å². The molecule has 7 rings (SSSR count). The molecule has 3 aromatic carbocycles. The Labute approximate surface area is 217 Å². The van der Waals surface area contributed by atoms with E-state index in [1.807, 2.05) is 0 Å². The number of hydrogen-bond donors (Lipinski definition) is 0. The third-order valence-electron chi connectivity index (χ3n) is 7.70. The zero-order valence-corrected chi connectivity index (χ0v) is 22.6. The van der Waals surface area contributed by atoms with Crippen LogP contribution in [0.3, 0.4) is 0 Å². The lowest BCUT2D eigenvalue weighted by Gasteiger charge is -2.19. The first-order valence-electron chi connectivity index (χ1n) is 13.0. The Morgan fingerprint density at radius 1 is 0.676 bits per heavy atom. The summed E-state index contributed by atoms with van der Waals surface area (Å²) in [6.07, 6.45) is 5.49. The molecule has 1 unspecified atom stereocenters. The van der Waals surface area contributed by atoms with Gasteiger partial charge in [0.2, 0.25) is 11.0 Å². The van der Waals surface area contributed by atoms with Gasteiger partial charge in [0.25, 0.3) is 0 Å². The number of hydrogen-bond acceptors (Lipinski definition) is 0. The van der Waals surface area contributed by atoms with E-state index in [0.29, 0.717) is 0 Å². The maximum atomic E-state index is 2.57. The highest BCUT2D eigenvalue weighted by Crippen LogP contribution is 2.38. The second-order valence-corrected chi connectivity index (χ2v) is 12.0. The molecule has 0 radical (unpaired) electrons. The Bertz CT molecular complexity index is 2040. The third-order valence-corrected chi connectivity index (χ3v) is 10.1. The van der Waals surface area contributed by atoms with Crippen molar-refractivity contribution >= 4 is 45.6 Å². The van der Waals surface area contributed by atoms with Crippen molar-refractivity contribution in [3.63, 3.8) is 0 Å². The molecule has 0 aliphatic heterocycles. The Morgan fingerprint density at radius 3 is 1.92 bits per heavy atom. The largest absolute Gasteiger partial charge is 0.450 e. The van der Waals surface area contributed by atoms with Gasteiger partial charge in [-0.2, -0.15) is 0 Å². The van der Waals surface area contributed by atoms with E-state index in [2.05, 4.69) is 138 Å². The molecule has 4 aromatic heterocycles. The number of fused-ring (bicyclic) bond motifs is 8. The monoisotopic (exact) mass is 499 g/mol. The predicted octanol–water partition coefficient (Wildman–Crippen LogP) is 7.75. The van der Waals surface area contributed by atoms with Crippen LogP contribution in [-0.4, -0.2) is 4.57 Å². The van der Waals surface area contributed by atoms with Crippen molar-refractivity contribution < 1.29 is 8.33 Å². The van der Waals surface area contributed by atoms with E-state index >= 15 is 0 Å². The molecular formula is C33H30N3P+2.